The first-order chi connectivity index (χ1) is 10.6. The van der Waals surface area contributed by atoms with E-state index in [1.54, 1.807) is 30.6 Å². The molecule has 0 radical (unpaired) electrons. The number of hydrogen-bond acceptors (Lipinski definition) is 3. The predicted molar refractivity (Wildman–Crippen MR) is 90.5 cm³/mol. The average molecular weight is 338 g/mol. The van der Waals surface area contributed by atoms with E-state index in [2.05, 4.69) is 10.3 Å². The molecule has 0 atom stereocenters. The highest BCUT2D eigenvalue weighted by Crippen LogP contribution is 2.29. The van der Waals surface area contributed by atoms with Crippen LogP contribution in [0.1, 0.15) is 5.56 Å². The van der Waals surface area contributed by atoms with Gasteiger partial charge in [-0.05, 0) is 43.3 Å². The molecule has 0 aliphatic carbocycles. The van der Waals surface area contributed by atoms with Crippen molar-refractivity contribution in [3.8, 4) is 0 Å². The molecule has 2 rings (SSSR count). The van der Waals surface area contributed by atoms with Crippen molar-refractivity contribution in [1.82, 2.24) is 9.88 Å². The van der Waals surface area contributed by atoms with Crippen molar-refractivity contribution in [1.29, 1.82) is 0 Å². The molecule has 1 N–H and O–H groups in total. The number of aromatic nitrogens is 1. The van der Waals surface area contributed by atoms with Gasteiger partial charge < -0.3 is 5.32 Å². The van der Waals surface area contributed by atoms with Gasteiger partial charge in [0, 0.05) is 18.9 Å². The normalized spacial score (nSPS) is 10.7. The van der Waals surface area contributed by atoms with Gasteiger partial charge in [0.2, 0.25) is 5.91 Å². The summed E-state index contributed by atoms with van der Waals surface area (Å²) < 4.78 is 0. The van der Waals surface area contributed by atoms with Gasteiger partial charge in [-0.25, -0.2) is 0 Å². The monoisotopic (exact) mass is 337 g/mol. The number of carbonyl (C=O) groups excluding carboxylic acids is 1. The summed E-state index contributed by atoms with van der Waals surface area (Å²) in [5.74, 6) is -0.146. The Kier molecular flexibility index (Phi) is 6.19. The summed E-state index contributed by atoms with van der Waals surface area (Å²) in [5.41, 5.74) is 1.65. The third kappa shape index (κ3) is 4.98. The second-order valence-electron chi connectivity index (χ2n) is 4.99. The van der Waals surface area contributed by atoms with Crippen LogP contribution in [0.3, 0.4) is 0 Å². The van der Waals surface area contributed by atoms with Crippen LogP contribution in [-0.4, -0.2) is 35.9 Å². The molecule has 0 spiro atoms. The summed E-state index contributed by atoms with van der Waals surface area (Å²) in [6.07, 6.45) is 4.39. The highest BCUT2D eigenvalue weighted by atomic mass is 35.5. The first kappa shape index (κ1) is 16.7. The van der Waals surface area contributed by atoms with E-state index in [-0.39, 0.29) is 12.5 Å². The maximum Gasteiger partial charge on any atom is 0.238 e. The molecule has 0 unspecified atom stereocenters. The van der Waals surface area contributed by atoms with Crippen molar-refractivity contribution < 1.29 is 4.79 Å². The van der Waals surface area contributed by atoms with E-state index < -0.39 is 0 Å². The van der Waals surface area contributed by atoms with Crippen molar-refractivity contribution in [2.24, 2.45) is 0 Å². The molecule has 0 bridgehead atoms. The minimum absolute atomic E-state index is 0.146. The quantitative estimate of drug-likeness (QED) is 0.877. The highest BCUT2D eigenvalue weighted by molar-refractivity contribution is 6.39. The molecule has 0 saturated carbocycles. The molecular weight excluding hydrogens is 321 g/mol. The van der Waals surface area contributed by atoms with Crippen LogP contribution in [0.4, 0.5) is 5.69 Å². The molecule has 4 nitrogen and oxygen atoms in total. The number of carbonyl (C=O) groups is 1. The van der Waals surface area contributed by atoms with Gasteiger partial charge in [-0.15, -0.1) is 0 Å². The van der Waals surface area contributed by atoms with Crippen molar-refractivity contribution >= 4 is 34.8 Å². The average Bonchev–Trinajstić information content (AvgIpc) is 2.50. The van der Waals surface area contributed by atoms with Gasteiger partial charge in [-0.1, -0.05) is 29.3 Å². The molecule has 6 heteroatoms. The SMILES string of the molecule is CN(CCc1ccncc1)CC(=O)Nc1c(Cl)cccc1Cl. The Balaban J connectivity index is 1.84. The number of rotatable bonds is 6. The van der Waals surface area contributed by atoms with E-state index in [0.29, 0.717) is 15.7 Å². The number of pyridine rings is 1. The summed E-state index contributed by atoms with van der Waals surface area (Å²) in [4.78, 5) is 18.0. The van der Waals surface area contributed by atoms with E-state index in [1.807, 2.05) is 24.1 Å². The smallest absolute Gasteiger partial charge is 0.238 e. The van der Waals surface area contributed by atoms with E-state index in [1.165, 1.54) is 5.56 Å². The Morgan fingerprint density at radius 1 is 1.18 bits per heavy atom. The molecule has 22 heavy (non-hydrogen) atoms. The van der Waals surface area contributed by atoms with E-state index in [9.17, 15) is 4.79 Å². The fraction of sp³-hybridized carbons (Fsp3) is 0.250. The Hall–Kier alpha value is -1.62. The van der Waals surface area contributed by atoms with Gasteiger partial charge in [0.05, 0.1) is 22.3 Å². The van der Waals surface area contributed by atoms with Gasteiger partial charge in [0.1, 0.15) is 0 Å². The number of halogens is 2. The first-order valence-corrected chi connectivity index (χ1v) is 7.63. The van der Waals surface area contributed by atoms with E-state index in [4.69, 9.17) is 23.2 Å². The summed E-state index contributed by atoms with van der Waals surface area (Å²) >= 11 is 12.1. The minimum Gasteiger partial charge on any atom is -0.322 e. The van der Waals surface area contributed by atoms with Gasteiger partial charge in [-0.3, -0.25) is 14.7 Å². The summed E-state index contributed by atoms with van der Waals surface area (Å²) in [6, 6.07) is 9.06. The molecule has 0 saturated heterocycles. The van der Waals surface area contributed by atoms with Crippen LogP contribution < -0.4 is 5.32 Å². The predicted octanol–water partition coefficient (Wildman–Crippen LogP) is 3.50. The lowest BCUT2D eigenvalue weighted by atomic mass is 10.2. The zero-order valence-corrected chi connectivity index (χ0v) is 13.7. The molecule has 0 fully saturated rings. The lowest BCUT2D eigenvalue weighted by Gasteiger charge is -2.17. The van der Waals surface area contributed by atoms with Crippen LogP contribution in [0.25, 0.3) is 0 Å². The standard InChI is InChI=1S/C16H17Cl2N3O/c1-21(10-7-12-5-8-19-9-6-12)11-15(22)20-16-13(17)3-2-4-14(16)18/h2-6,8-9H,7,10-11H2,1H3,(H,20,22). The van der Waals surface area contributed by atoms with Gasteiger partial charge in [0.15, 0.2) is 0 Å². The third-order valence-corrected chi connectivity index (χ3v) is 3.80. The summed E-state index contributed by atoms with van der Waals surface area (Å²) in [5, 5.41) is 3.61. The van der Waals surface area contributed by atoms with Crippen LogP contribution in [0.5, 0.6) is 0 Å². The molecule has 0 aliphatic heterocycles. The fourth-order valence-corrected chi connectivity index (χ4v) is 2.48. The second kappa shape index (κ2) is 8.13. The fourth-order valence-electron chi connectivity index (χ4n) is 1.99. The maximum atomic E-state index is 12.1. The van der Waals surface area contributed by atoms with Gasteiger partial charge in [-0.2, -0.15) is 0 Å². The van der Waals surface area contributed by atoms with Crippen molar-refractivity contribution in [3.63, 3.8) is 0 Å². The number of hydrogen-bond donors (Lipinski definition) is 1. The molecule has 1 aromatic heterocycles. The highest BCUT2D eigenvalue weighted by Gasteiger charge is 2.11. The topological polar surface area (TPSA) is 45.2 Å². The molecule has 116 valence electrons. The zero-order chi connectivity index (χ0) is 15.9. The van der Waals surface area contributed by atoms with Crippen molar-refractivity contribution in [3.05, 3.63) is 58.3 Å². The lowest BCUT2D eigenvalue weighted by Crippen LogP contribution is -2.31. The van der Waals surface area contributed by atoms with Gasteiger partial charge >= 0.3 is 0 Å². The zero-order valence-electron chi connectivity index (χ0n) is 12.2. The number of amides is 1. The largest absolute Gasteiger partial charge is 0.322 e. The number of para-hydroxylation sites is 1. The van der Waals surface area contributed by atoms with Crippen LogP contribution in [0, 0.1) is 0 Å². The summed E-state index contributed by atoms with van der Waals surface area (Å²) in [6.45, 7) is 1.04. The molecule has 0 aliphatic rings. The second-order valence-corrected chi connectivity index (χ2v) is 5.80. The van der Waals surface area contributed by atoms with Gasteiger partial charge in [0.25, 0.3) is 0 Å². The Morgan fingerprint density at radius 2 is 1.82 bits per heavy atom. The van der Waals surface area contributed by atoms with E-state index in [0.717, 1.165) is 13.0 Å². The maximum absolute atomic E-state index is 12.1. The first-order valence-electron chi connectivity index (χ1n) is 6.87. The van der Waals surface area contributed by atoms with Crippen molar-refractivity contribution in [2.45, 2.75) is 6.42 Å². The number of nitrogens with zero attached hydrogens (tertiary/aromatic N) is 2. The number of anilines is 1. The third-order valence-electron chi connectivity index (χ3n) is 3.17. The molecule has 1 aromatic carbocycles. The lowest BCUT2D eigenvalue weighted by molar-refractivity contribution is -0.117. The van der Waals surface area contributed by atoms with Crippen LogP contribution in [0.2, 0.25) is 10.0 Å². The Morgan fingerprint density at radius 3 is 2.45 bits per heavy atom. The van der Waals surface area contributed by atoms with Crippen LogP contribution in [0.15, 0.2) is 42.7 Å². The molecular formula is C16H17Cl2N3O. The molecule has 1 amide bonds. The summed E-state index contributed by atoms with van der Waals surface area (Å²) in [7, 11) is 1.90. The Bertz CT molecular complexity index is 614. The van der Waals surface area contributed by atoms with Crippen LogP contribution in [-0.2, 0) is 11.2 Å². The Labute approximate surface area is 140 Å². The minimum atomic E-state index is -0.146. The molecule has 2 aromatic rings. The van der Waals surface area contributed by atoms with Crippen LogP contribution >= 0.6 is 23.2 Å². The van der Waals surface area contributed by atoms with E-state index >= 15 is 0 Å². The number of benzene rings is 1. The number of nitrogens with one attached hydrogen (secondary N) is 1. The van der Waals surface area contributed by atoms with Crippen molar-refractivity contribution in [2.75, 3.05) is 25.5 Å². The molecule has 1 heterocycles. The number of likely N-dealkylation sites (N-methyl/N-ethyl adjacent to an activating group) is 1.